The minimum absolute atomic E-state index is 0.103. The Morgan fingerprint density at radius 2 is 1.46 bits per heavy atom. The molecule has 5 nitrogen and oxygen atoms in total. The van der Waals surface area contributed by atoms with Crippen LogP contribution in [0.25, 0.3) is 0 Å². The van der Waals surface area contributed by atoms with E-state index in [1.54, 1.807) is 4.90 Å². The Labute approximate surface area is 154 Å². The SMILES string of the molecule is Cc1ccc(CC(=O)N2CCN(C(=O)OCc3ccccc3)CC2)cc1. The average Bonchev–Trinajstić information content (AvgIpc) is 2.69. The highest BCUT2D eigenvalue weighted by atomic mass is 16.6. The summed E-state index contributed by atoms with van der Waals surface area (Å²) in [4.78, 5) is 28.1. The lowest BCUT2D eigenvalue weighted by molar-refractivity contribution is -0.132. The molecular formula is C21H24N2O3. The van der Waals surface area contributed by atoms with Crippen LogP contribution in [-0.4, -0.2) is 48.0 Å². The smallest absolute Gasteiger partial charge is 0.410 e. The second kappa shape index (κ2) is 8.52. The van der Waals surface area contributed by atoms with Crippen molar-refractivity contribution in [3.63, 3.8) is 0 Å². The van der Waals surface area contributed by atoms with Crippen LogP contribution in [0.4, 0.5) is 4.79 Å². The lowest BCUT2D eigenvalue weighted by atomic mass is 10.1. The van der Waals surface area contributed by atoms with E-state index in [4.69, 9.17) is 4.74 Å². The van der Waals surface area contributed by atoms with Crippen LogP contribution >= 0.6 is 0 Å². The van der Waals surface area contributed by atoms with Gasteiger partial charge in [0.05, 0.1) is 6.42 Å². The standard InChI is InChI=1S/C21H24N2O3/c1-17-7-9-18(10-8-17)15-20(24)22-11-13-23(14-12-22)21(25)26-16-19-5-3-2-4-6-19/h2-10H,11-16H2,1H3. The third kappa shape index (κ3) is 4.85. The van der Waals surface area contributed by atoms with E-state index in [9.17, 15) is 9.59 Å². The van der Waals surface area contributed by atoms with Crippen LogP contribution in [0.3, 0.4) is 0 Å². The lowest BCUT2D eigenvalue weighted by Crippen LogP contribution is -2.51. The zero-order valence-corrected chi connectivity index (χ0v) is 15.1. The number of carbonyl (C=O) groups is 2. The van der Waals surface area contributed by atoms with Gasteiger partial charge in [-0.2, -0.15) is 0 Å². The molecule has 0 spiro atoms. The molecule has 136 valence electrons. The van der Waals surface area contributed by atoms with Gasteiger partial charge in [0.25, 0.3) is 0 Å². The number of ether oxygens (including phenoxy) is 1. The minimum Gasteiger partial charge on any atom is -0.445 e. The van der Waals surface area contributed by atoms with Gasteiger partial charge in [-0.15, -0.1) is 0 Å². The molecule has 2 aromatic rings. The van der Waals surface area contributed by atoms with Gasteiger partial charge in [0.1, 0.15) is 6.61 Å². The van der Waals surface area contributed by atoms with Crippen LogP contribution in [0.15, 0.2) is 54.6 Å². The van der Waals surface area contributed by atoms with Crippen LogP contribution < -0.4 is 0 Å². The maximum atomic E-state index is 12.4. The number of aryl methyl sites for hydroxylation is 1. The van der Waals surface area contributed by atoms with E-state index >= 15 is 0 Å². The molecule has 26 heavy (non-hydrogen) atoms. The van der Waals surface area contributed by atoms with E-state index < -0.39 is 0 Å². The number of rotatable bonds is 4. The normalized spacial score (nSPS) is 14.2. The predicted molar refractivity (Wildman–Crippen MR) is 99.7 cm³/mol. The molecule has 2 aromatic carbocycles. The van der Waals surface area contributed by atoms with E-state index in [2.05, 4.69) is 0 Å². The number of nitrogens with zero attached hydrogens (tertiary/aromatic N) is 2. The van der Waals surface area contributed by atoms with Gasteiger partial charge in [-0.25, -0.2) is 4.79 Å². The minimum atomic E-state index is -0.320. The van der Waals surface area contributed by atoms with E-state index in [1.165, 1.54) is 5.56 Å². The first-order valence-corrected chi connectivity index (χ1v) is 8.91. The maximum Gasteiger partial charge on any atom is 0.410 e. The molecule has 2 amide bonds. The molecule has 5 heteroatoms. The highest BCUT2D eigenvalue weighted by molar-refractivity contribution is 5.79. The number of benzene rings is 2. The van der Waals surface area contributed by atoms with Gasteiger partial charge in [0.2, 0.25) is 5.91 Å². The van der Waals surface area contributed by atoms with Crippen molar-refractivity contribution in [3.8, 4) is 0 Å². The molecule has 3 rings (SSSR count). The van der Waals surface area contributed by atoms with Gasteiger partial charge in [-0.1, -0.05) is 60.2 Å². The molecular weight excluding hydrogens is 328 g/mol. The summed E-state index contributed by atoms with van der Waals surface area (Å²) in [6.45, 7) is 4.41. The first-order chi connectivity index (χ1) is 12.6. The fourth-order valence-electron chi connectivity index (χ4n) is 2.94. The van der Waals surface area contributed by atoms with Crippen molar-refractivity contribution in [2.45, 2.75) is 20.0 Å². The Morgan fingerprint density at radius 1 is 0.846 bits per heavy atom. The van der Waals surface area contributed by atoms with E-state index in [1.807, 2.05) is 66.4 Å². The van der Waals surface area contributed by atoms with Gasteiger partial charge in [-0.05, 0) is 18.1 Å². The summed E-state index contributed by atoms with van der Waals surface area (Å²) in [7, 11) is 0. The summed E-state index contributed by atoms with van der Waals surface area (Å²) in [6.07, 6.45) is 0.0816. The largest absolute Gasteiger partial charge is 0.445 e. The first kappa shape index (κ1) is 18.0. The van der Waals surface area contributed by atoms with Crippen molar-refractivity contribution in [1.82, 2.24) is 9.80 Å². The topological polar surface area (TPSA) is 49.9 Å². The Hall–Kier alpha value is -2.82. The van der Waals surface area contributed by atoms with E-state index in [-0.39, 0.29) is 18.6 Å². The molecule has 0 saturated carbocycles. The maximum absolute atomic E-state index is 12.4. The number of hydrogen-bond acceptors (Lipinski definition) is 3. The molecule has 1 fully saturated rings. The fourth-order valence-corrected chi connectivity index (χ4v) is 2.94. The number of carbonyl (C=O) groups excluding carboxylic acids is 2. The quantitative estimate of drug-likeness (QED) is 0.850. The summed E-state index contributed by atoms with van der Waals surface area (Å²) in [5.41, 5.74) is 3.17. The highest BCUT2D eigenvalue weighted by Gasteiger charge is 2.25. The summed E-state index contributed by atoms with van der Waals surface area (Å²) < 4.78 is 5.35. The zero-order valence-electron chi connectivity index (χ0n) is 15.1. The van der Waals surface area contributed by atoms with Crippen molar-refractivity contribution >= 4 is 12.0 Å². The number of amides is 2. The Bertz CT molecular complexity index is 736. The first-order valence-electron chi connectivity index (χ1n) is 8.91. The molecule has 0 atom stereocenters. The van der Waals surface area contributed by atoms with Crippen LogP contribution in [0.1, 0.15) is 16.7 Å². The summed E-state index contributed by atoms with van der Waals surface area (Å²) in [5, 5.41) is 0. The van der Waals surface area contributed by atoms with E-state index in [0.717, 1.165) is 11.1 Å². The van der Waals surface area contributed by atoms with Crippen LogP contribution in [0, 0.1) is 6.92 Å². The van der Waals surface area contributed by atoms with Crippen molar-refractivity contribution in [2.24, 2.45) is 0 Å². The zero-order chi connectivity index (χ0) is 18.4. The van der Waals surface area contributed by atoms with Crippen LogP contribution in [0.2, 0.25) is 0 Å². The monoisotopic (exact) mass is 352 g/mol. The Balaban J connectivity index is 1.43. The third-order valence-corrected chi connectivity index (χ3v) is 4.57. The lowest BCUT2D eigenvalue weighted by Gasteiger charge is -2.34. The average molecular weight is 352 g/mol. The van der Waals surface area contributed by atoms with Crippen molar-refractivity contribution in [2.75, 3.05) is 26.2 Å². The Morgan fingerprint density at radius 3 is 2.12 bits per heavy atom. The summed E-state index contributed by atoms with van der Waals surface area (Å²) in [5.74, 6) is 0.103. The fraction of sp³-hybridized carbons (Fsp3) is 0.333. The van der Waals surface area contributed by atoms with Crippen molar-refractivity contribution in [1.29, 1.82) is 0 Å². The molecule has 0 bridgehead atoms. The third-order valence-electron chi connectivity index (χ3n) is 4.57. The second-order valence-electron chi connectivity index (χ2n) is 6.57. The van der Waals surface area contributed by atoms with Crippen LogP contribution in [-0.2, 0) is 22.6 Å². The molecule has 0 radical (unpaired) electrons. The van der Waals surface area contributed by atoms with Crippen molar-refractivity contribution < 1.29 is 14.3 Å². The molecule has 0 N–H and O–H groups in total. The van der Waals surface area contributed by atoms with Crippen molar-refractivity contribution in [3.05, 3.63) is 71.3 Å². The van der Waals surface area contributed by atoms with E-state index in [0.29, 0.717) is 32.6 Å². The molecule has 1 aliphatic rings. The summed E-state index contributed by atoms with van der Waals surface area (Å²) in [6, 6.07) is 17.6. The van der Waals surface area contributed by atoms with Gasteiger partial charge in [0, 0.05) is 26.2 Å². The molecule has 0 aliphatic carbocycles. The van der Waals surface area contributed by atoms with Gasteiger partial charge in [-0.3, -0.25) is 4.79 Å². The van der Waals surface area contributed by atoms with Gasteiger partial charge >= 0.3 is 6.09 Å². The van der Waals surface area contributed by atoms with Gasteiger partial charge in [0.15, 0.2) is 0 Å². The molecule has 0 unspecified atom stereocenters. The van der Waals surface area contributed by atoms with Gasteiger partial charge < -0.3 is 14.5 Å². The van der Waals surface area contributed by atoms with Crippen LogP contribution in [0.5, 0.6) is 0 Å². The predicted octanol–water partition coefficient (Wildman–Crippen LogP) is 3.02. The molecule has 0 aromatic heterocycles. The highest BCUT2D eigenvalue weighted by Crippen LogP contribution is 2.10. The Kier molecular flexibility index (Phi) is 5.89. The molecule has 1 heterocycles. The number of piperazine rings is 1. The molecule has 1 saturated heterocycles. The summed E-state index contributed by atoms with van der Waals surface area (Å²) >= 11 is 0. The number of hydrogen-bond donors (Lipinski definition) is 0. The molecule has 1 aliphatic heterocycles. The second-order valence-corrected chi connectivity index (χ2v) is 6.57.